The van der Waals surface area contributed by atoms with Crippen molar-refractivity contribution in [3.05, 3.63) is 31.9 Å². The molecular weight excluding hydrogens is 314 g/mol. The minimum Gasteiger partial charge on any atom is -0.308 e. The Kier molecular flexibility index (Phi) is 3.93. The Hall–Kier alpha value is -2.22. The number of thiazole rings is 1. The average Bonchev–Trinajstić information content (AvgIpc) is 3.06. The van der Waals surface area contributed by atoms with E-state index in [1.807, 2.05) is 16.9 Å². The molecule has 8 heteroatoms. The van der Waals surface area contributed by atoms with Crippen molar-refractivity contribution in [3.8, 4) is 10.8 Å². The van der Waals surface area contributed by atoms with Gasteiger partial charge in [0, 0.05) is 24.7 Å². The Labute approximate surface area is 136 Å². The fourth-order valence-electron chi connectivity index (χ4n) is 2.39. The van der Waals surface area contributed by atoms with Crippen LogP contribution in [-0.4, -0.2) is 24.1 Å². The zero-order valence-corrected chi connectivity index (χ0v) is 14.4. The number of H-pyrrole nitrogens is 1. The van der Waals surface area contributed by atoms with Crippen LogP contribution < -0.4 is 11.2 Å². The van der Waals surface area contributed by atoms with E-state index in [4.69, 9.17) is 0 Å². The lowest BCUT2D eigenvalue weighted by Gasteiger charge is -2.09. The van der Waals surface area contributed by atoms with Gasteiger partial charge in [-0.2, -0.15) is 0 Å². The molecule has 3 aromatic rings. The molecule has 3 rings (SSSR count). The zero-order chi connectivity index (χ0) is 16.7. The van der Waals surface area contributed by atoms with Crippen molar-refractivity contribution >= 4 is 22.5 Å². The number of nitrogens with one attached hydrogen (secondary N) is 1. The summed E-state index contributed by atoms with van der Waals surface area (Å²) in [7, 11) is 1.45. The maximum atomic E-state index is 12.3. The van der Waals surface area contributed by atoms with E-state index >= 15 is 0 Å². The maximum Gasteiger partial charge on any atom is 0.329 e. The van der Waals surface area contributed by atoms with Gasteiger partial charge in [0.2, 0.25) is 0 Å². The van der Waals surface area contributed by atoms with E-state index in [0.717, 1.165) is 21.7 Å². The minimum atomic E-state index is -0.435. The van der Waals surface area contributed by atoms with Gasteiger partial charge in [-0.3, -0.25) is 14.3 Å². The number of aromatic nitrogens is 5. The molecule has 0 unspecified atom stereocenters. The average molecular weight is 333 g/mol. The van der Waals surface area contributed by atoms with Crippen molar-refractivity contribution in [2.45, 2.75) is 33.7 Å². The van der Waals surface area contributed by atoms with Crippen molar-refractivity contribution < 1.29 is 0 Å². The molecule has 0 atom stereocenters. The van der Waals surface area contributed by atoms with Crippen LogP contribution in [-0.2, 0) is 13.6 Å². The quantitative estimate of drug-likeness (QED) is 0.790. The van der Waals surface area contributed by atoms with Crippen LogP contribution in [0.5, 0.6) is 0 Å². The van der Waals surface area contributed by atoms with Crippen LogP contribution in [0.15, 0.2) is 15.0 Å². The summed E-state index contributed by atoms with van der Waals surface area (Å²) in [5.41, 5.74) is 0.839. The molecular formula is C15H19N5O2S. The van der Waals surface area contributed by atoms with Crippen LogP contribution in [0.1, 0.15) is 26.0 Å². The molecule has 0 aliphatic rings. The van der Waals surface area contributed by atoms with Gasteiger partial charge < -0.3 is 4.57 Å². The predicted octanol–water partition coefficient (Wildman–Crippen LogP) is 1.90. The van der Waals surface area contributed by atoms with Crippen molar-refractivity contribution in [1.82, 2.24) is 24.1 Å². The van der Waals surface area contributed by atoms with Gasteiger partial charge in [0.1, 0.15) is 5.65 Å². The highest BCUT2D eigenvalue weighted by atomic mass is 32.1. The number of nitrogens with zero attached hydrogens (tertiary/aromatic N) is 4. The summed E-state index contributed by atoms with van der Waals surface area (Å²) >= 11 is 1.49. The molecule has 0 amide bonds. The van der Waals surface area contributed by atoms with Crippen molar-refractivity contribution in [2.24, 2.45) is 13.0 Å². The third-order valence-corrected chi connectivity index (χ3v) is 4.70. The molecule has 7 nitrogen and oxygen atoms in total. The van der Waals surface area contributed by atoms with E-state index in [2.05, 4.69) is 28.8 Å². The number of hydrogen-bond acceptors (Lipinski definition) is 5. The summed E-state index contributed by atoms with van der Waals surface area (Å²) < 4.78 is 2.94. The third kappa shape index (κ3) is 2.74. The molecule has 23 heavy (non-hydrogen) atoms. The molecule has 0 aromatic carbocycles. The van der Waals surface area contributed by atoms with Gasteiger partial charge >= 0.3 is 5.69 Å². The molecule has 0 radical (unpaired) electrons. The molecule has 0 spiro atoms. The van der Waals surface area contributed by atoms with E-state index in [1.165, 1.54) is 18.4 Å². The largest absolute Gasteiger partial charge is 0.329 e. The molecule has 3 heterocycles. The van der Waals surface area contributed by atoms with Crippen LogP contribution in [0, 0.1) is 12.8 Å². The van der Waals surface area contributed by atoms with Crippen molar-refractivity contribution in [1.29, 1.82) is 0 Å². The molecule has 3 aromatic heterocycles. The number of aryl methyl sites for hydroxylation is 2. The number of fused-ring (bicyclic) bond motifs is 1. The Morgan fingerprint density at radius 3 is 2.65 bits per heavy atom. The second-order valence-corrected chi connectivity index (χ2v) is 6.91. The topological polar surface area (TPSA) is 85.6 Å². The number of imidazole rings is 1. The first-order chi connectivity index (χ1) is 10.9. The van der Waals surface area contributed by atoms with E-state index in [0.29, 0.717) is 23.9 Å². The lowest BCUT2D eigenvalue weighted by molar-refractivity contribution is 0.523. The second kappa shape index (κ2) is 5.77. The highest BCUT2D eigenvalue weighted by Crippen LogP contribution is 2.25. The van der Waals surface area contributed by atoms with E-state index in [-0.39, 0.29) is 11.1 Å². The first-order valence-corrected chi connectivity index (χ1v) is 8.38. The second-order valence-electron chi connectivity index (χ2n) is 6.06. The van der Waals surface area contributed by atoms with Crippen molar-refractivity contribution in [2.75, 3.05) is 0 Å². The summed E-state index contributed by atoms with van der Waals surface area (Å²) in [5.74, 6) is 1.13. The standard InChI is InChI=1S/C15H19N5O2S/c1-8(2)5-6-20-11-10(14(21)19(4)15(22)18-11)17-12(20)13-16-9(3)7-23-13/h7-8H,5-6H2,1-4H3,(H,18,22). The third-order valence-electron chi connectivity index (χ3n) is 3.75. The Balaban J connectivity index is 2.29. The lowest BCUT2D eigenvalue weighted by atomic mass is 10.1. The SMILES string of the molecule is Cc1csc(-c2nc3c(=O)n(C)c(=O)[nH]c3n2CCC(C)C)n1. The summed E-state index contributed by atoms with van der Waals surface area (Å²) in [6.45, 7) is 6.86. The van der Waals surface area contributed by atoms with Gasteiger partial charge in [0.05, 0.1) is 0 Å². The zero-order valence-electron chi connectivity index (χ0n) is 13.6. The number of hydrogen-bond donors (Lipinski definition) is 1. The van der Waals surface area contributed by atoms with Gasteiger partial charge in [0.25, 0.3) is 5.56 Å². The van der Waals surface area contributed by atoms with Gasteiger partial charge in [-0.1, -0.05) is 13.8 Å². The first kappa shape index (κ1) is 15.7. The number of aromatic amines is 1. The van der Waals surface area contributed by atoms with Crippen LogP contribution >= 0.6 is 11.3 Å². The summed E-state index contributed by atoms with van der Waals surface area (Å²) in [4.78, 5) is 36.0. The Bertz CT molecular complexity index is 976. The predicted molar refractivity (Wildman–Crippen MR) is 90.9 cm³/mol. The highest BCUT2D eigenvalue weighted by molar-refractivity contribution is 7.13. The monoisotopic (exact) mass is 333 g/mol. The molecule has 0 saturated carbocycles. The summed E-state index contributed by atoms with van der Waals surface area (Å²) in [6, 6.07) is 0. The fraction of sp³-hybridized carbons (Fsp3) is 0.467. The van der Waals surface area contributed by atoms with E-state index in [9.17, 15) is 9.59 Å². The molecule has 0 aliphatic heterocycles. The number of rotatable bonds is 4. The normalized spacial score (nSPS) is 11.7. The van der Waals surface area contributed by atoms with Gasteiger partial charge in [-0.05, 0) is 19.3 Å². The van der Waals surface area contributed by atoms with Crippen LogP contribution in [0.4, 0.5) is 0 Å². The lowest BCUT2D eigenvalue weighted by Crippen LogP contribution is -2.32. The smallest absolute Gasteiger partial charge is 0.308 e. The Morgan fingerprint density at radius 2 is 2.04 bits per heavy atom. The van der Waals surface area contributed by atoms with Crippen LogP contribution in [0.2, 0.25) is 0 Å². The van der Waals surface area contributed by atoms with E-state index < -0.39 is 5.69 Å². The van der Waals surface area contributed by atoms with Gasteiger partial charge in [-0.15, -0.1) is 11.3 Å². The summed E-state index contributed by atoms with van der Waals surface area (Å²) in [5, 5.41) is 2.70. The van der Waals surface area contributed by atoms with Gasteiger partial charge in [0.15, 0.2) is 16.3 Å². The van der Waals surface area contributed by atoms with E-state index in [1.54, 1.807) is 0 Å². The molecule has 0 fully saturated rings. The minimum absolute atomic E-state index is 0.277. The first-order valence-electron chi connectivity index (χ1n) is 7.50. The molecule has 1 N–H and O–H groups in total. The van der Waals surface area contributed by atoms with Crippen LogP contribution in [0.3, 0.4) is 0 Å². The maximum absolute atomic E-state index is 12.3. The molecule has 0 saturated heterocycles. The summed E-state index contributed by atoms with van der Waals surface area (Å²) in [6.07, 6.45) is 0.917. The van der Waals surface area contributed by atoms with Crippen LogP contribution in [0.25, 0.3) is 22.0 Å². The molecule has 122 valence electrons. The van der Waals surface area contributed by atoms with Crippen molar-refractivity contribution in [3.63, 3.8) is 0 Å². The molecule has 0 bridgehead atoms. The highest BCUT2D eigenvalue weighted by Gasteiger charge is 2.19. The Morgan fingerprint density at radius 1 is 1.30 bits per heavy atom. The fourth-order valence-corrected chi connectivity index (χ4v) is 3.18. The molecule has 0 aliphatic carbocycles. The van der Waals surface area contributed by atoms with Gasteiger partial charge in [-0.25, -0.2) is 14.8 Å².